The molecule has 2 heterocycles. The molecule has 1 aromatic heterocycles. The zero-order valence-corrected chi connectivity index (χ0v) is 22.5. The number of carbonyl (C=O) groups excluding carboxylic acids is 1. The number of halogens is 1. The molecule has 1 amide bonds. The average molecular weight is 542 g/mol. The van der Waals surface area contributed by atoms with Crippen molar-refractivity contribution in [2.45, 2.75) is 34.2 Å². The Bertz CT molecular complexity index is 1270. The van der Waals surface area contributed by atoms with Gasteiger partial charge >= 0.3 is 0 Å². The quantitative estimate of drug-likeness (QED) is 0.261. The summed E-state index contributed by atoms with van der Waals surface area (Å²) >= 11 is 10.5. The summed E-state index contributed by atoms with van der Waals surface area (Å²) in [7, 11) is 1.64. The normalized spacial score (nSPS) is 15.1. The van der Waals surface area contributed by atoms with Gasteiger partial charge in [-0.2, -0.15) is 0 Å². The van der Waals surface area contributed by atoms with Gasteiger partial charge in [-0.25, -0.2) is 0 Å². The van der Waals surface area contributed by atoms with Crippen molar-refractivity contribution in [2.24, 2.45) is 0 Å². The highest BCUT2D eigenvalue weighted by atomic mass is 79.9. The SMILES string of the molecule is COc1ccc(CN2C(=O)/C(=C/c3cc(C)n(-c4cc(C)c(Br)c(C)c4)c3C)SC2=S)cc1. The number of methoxy groups -OCH3 is 1. The minimum Gasteiger partial charge on any atom is -0.497 e. The second-order valence-electron chi connectivity index (χ2n) is 8.17. The number of aromatic nitrogens is 1. The van der Waals surface area contributed by atoms with Crippen molar-refractivity contribution in [3.63, 3.8) is 0 Å². The van der Waals surface area contributed by atoms with Crippen LogP contribution in [0.15, 0.2) is 51.8 Å². The van der Waals surface area contributed by atoms with E-state index in [0.717, 1.165) is 38.4 Å². The standard InChI is InChI=1S/C26H25BrN2O2S2/c1-15-10-21(11-16(2)24(15)27)29-17(3)12-20(18(29)4)13-23-25(30)28(26(32)33-23)14-19-6-8-22(31-5)9-7-19/h6-13H,14H2,1-5H3/b23-13-. The third-order valence-electron chi connectivity index (χ3n) is 5.81. The first kappa shape index (κ1) is 23.8. The van der Waals surface area contributed by atoms with Crippen LogP contribution in [-0.4, -0.2) is 26.8 Å². The zero-order valence-electron chi connectivity index (χ0n) is 19.2. The van der Waals surface area contributed by atoms with Gasteiger partial charge in [0.2, 0.25) is 0 Å². The van der Waals surface area contributed by atoms with Crippen molar-refractivity contribution in [3.05, 3.63) is 85.5 Å². The van der Waals surface area contributed by atoms with E-state index < -0.39 is 0 Å². The van der Waals surface area contributed by atoms with E-state index >= 15 is 0 Å². The monoisotopic (exact) mass is 540 g/mol. The van der Waals surface area contributed by atoms with E-state index in [1.165, 1.54) is 22.9 Å². The van der Waals surface area contributed by atoms with Gasteiger partial charge in [0.1, 0.15) is 10.1 Å². The molecule has 1 fully saturated rings. The molecule has 170 valence electrons. The lowest BCUT2D eigenvalue weighted by molar-refractivity contribution is -0.122. The summed E-state index contributed by atoms with van der Waals surface area (Å²) in [6.45, 7) is 8.83. The topological polar surface area (TPSA) is 34.5 Å². The molecule has 33 heavy (non-hydrogen) atoms. The van der Waals surface area contributed by atoms with Gasteiger partial charge in [0.25, 0.3) is 5.91 Å². The second kappa shape index (κ2) is 9.49. The van der Waals surface area contributed by atoms with Crippen molar-refractivity contribution in [1.82, 2.24) is 9.47 Å². The summed E-state index contributed by atoms with van der Waals surface area (Å²) in [6.07, 6.45) is 1.96. The van der Waals surface area contributed by atoms with Crippen LogP contribution in [-0.2, 0) is 11.3 Å². The lowest BCUT2D eigenvalue weighted by atomic mass is 10.1. The van der Waals surface area contributed by atoms with Gasteiger partial charge in [-0.05, 0) is 86.4 Å². The molecule has 0 radical (unpaired) electrons. The molecule has 3 aromatic rings. The van der Waals surface area contributed by atoms with Crippen molar-refractivity contribution >= 4 is 56.2 Å². The molecule has 2 aromatic carbocycles. The number of thiocarbonyl (C=S) groups is 1. The third-order valence-corrected chi connectivity index (χ3v) is 8.44. The minimum atomic E-state index is -0.0547. The van der Waals surface area contributed by atoms with Crippen molar-refractivity contribution in [3.8, 4) is 11.4 Å². The number of carbonyl (C=O) groups is 1. The summed E-state index contributed by atoms with van der Waals surface area (Å²) in [5, 5.41) is 0. The Morgan fingerprint density at radius 3 is 2.30 bits per heavy atom. The molecule has 1 aliphatic rings. The fraction of sp³-hybridized carbons (Fsp3) is 0.231. The fourth-order valence-electron chi connectivity index (χ4n) is 4.07. The summed E-state index contributed by atoms with van der Waals surface area (Å²) in [5.41, 5.74) is 7.75. The van der Waals surface area contributed by atoms with E-state index in [1.54, 1.807) is 12.0 Å². The number of thioether (sulfide) groups is 1. The van der Waals surface area contributed by atoms with Crippen LogP contribution < -0.4 is 4.74 Å². The Kier molecular flexibility index (Phi) is 6.84. The molecule has 4 nitrogen and oxygen atoms in total. The number of hydrogen-bond acceptors (Lipinski definition) is 4. The van der Waals surface area contributed by atoms with Crippen LogP contribution in [0.5, 0.6) is 5.75 Å². The number of nitrogens with zero attached hydrogens (tertiary/aromatic N) is 2. The number of amides is 1. The van der Waals surface area contributed by atoms with Crippen molar-refractivity contribution in [2.75, 3.05) is 7.11 Å². The van der Waals surface area contributed by atoms with E-state index in [1.807, 2.05) is 30.3 Å². The zero-order chi connectivity index (χ0) is 23.9. The third kappa shape index (κ3) is 4.67. The van der Waals surface area contributed by atoms with Crippen LogP contribution >= 0.6 is 39.9 Å². The van der Waals surface area contributed by atoms with Crippen LogP contribution in [0, 0.1) is 27.7 Å². The first-order valence-electron chi connectivity index (χ1n) is 10.5. The fourth-order valence-corrected chi connectivity index (χ4v) is 5.55. The van der Waals surface area contributed by atoms with Gasteiger partial charge in [-0.3, -0.25) is 9.69 Å². The van der Waals surface area contributed by atoms with Crippen LogP contribution in [0.25, 0.3) is 11.8 Å². The molecule has 1 aliphatic heterocycles. The molecule has 0 bridgehead atoms. The number of benzene rings is 2. The minimum absolute atomic E-state index is 0.0547. The summed E-state index contributed by atoms with van der Waals surface area (Å²) in [4.78, 5) is 15.5. The maximum Gasteiger partial charge on any atom is 0.266 e. The van der Waals surface area contributed by atoms with Gasteiger partial charge in [-0.1, -0.05) is 52.0 Å². The van der Waals surface area contributed by atoms with Crippen LogP contribution in [0.1, 0.15) is 33.6 Å². The number of rotatable bonds is 5. The van der Waals surface area contributed by atoms with E-state index in [0.29, 0.717) is 15.8 Å². The maximum atomic E-state index is 13.2. The Labute approximate surface area is 212 Å². The van der Waals surface area contributed by atoms with Crippen LogP contribution in [0.4, 0.5) is 0 Å². The smallest absolute Gasteiger partial charge is 0.266 e. The Hall–Kier alpha value is -2.35. The van der Waals surface area contributed by atoms with Crippen LogP contribution in [0.2, 0.25) is 0 Å². The Morgan fingerprint density at radius 1 is 1.06 bits per heavy atom. The molecule has 0 aliphatic carbocycles. The molecule has 0 unspecified atom stereocenters. The largest absolute Gasteiger partial charge is 0.497 e. The van der Waals surface area contributed by atoms with E-state index in [4.69, 9.17) is 17.0 Å². The average Bonchev–Trinajstić information content (AvgIpc) is 3.21. The van der Waals surface area contributed by atoms with Gasteiger partial charge in [0, 0.05) is 21.5 Å². The predicted octanol–water partition coefficient (Wildman–Crippen LogP) is 6.88. The highest BCUT2D eigenvalue weighted by Gasteiger charge is 2.32. The van der Waals surface area contributed by atoms with Gasteiger partial charge < -0.3 is 9.30 Å². The molecular formula is C26H25BrN2O2S2. The van der Waals surface area contributed by atoms with Crippen molar-refractivity contribution < 1.29 is 9.53 Å². The first-order valence-corrected chi connectivity index (χ1v) is 12.6. The van der Waals surface area contributed by atoms with Gasteiger partial charge in [0.15, 0.2) is 0 Å². The van der Waals surface area contributed by atoms with Crippen LogP contribution in [0.3, 0.4) is 0 Å². The molecule has 7 heteroatoms. The molecule has 1 saturated heterocycles. The lowest BCUT2D eigenvalue weighted by Gasteiger charge is -2.14. The number of aryl methyl sites for hydroxylation is 3. The highest BCUT2D eigenvalue weighted by molar-refractivity contribution is 9.10. The number of hydrogen-bond donors (Lipinski definition) is 0. The Morgan fingerprint density at radius 2 is 1.70 bits per heavy atom. The maximum absolute atomic E-state index is 13.2. The van der Waals surface area contributed by atoms with E-state index in [9.17, 15) is 4.79 Å². The second-order valence-corrected chi connectivity index (χ2v) is 10.6. The molecule has 0 spiro atoms. The summed E-state index contributed by atoms with van der Waals surface area (Å²) < 4.78 is 9.16. The first-order chi connectivity index (χ1) is 15.7. The molecular weight excluding hydrogens is 516 g/mol. The van der Waals surface area contributed by atoms with Crippen molar-refractivity contribution in [1.29, 1.82) is 0 Å². The van der Waals surface area contributed by atoms with E-state index in [-0.39, 0.29) is 5.91 Å². The van der Waals surface area contributed by atoms with Gasteiger partial charge in [0.05, 0.1) is 18.6 Å². The molecule has 4 rings (SSSR count). The summed E-state index contributed by atoms with van der Waals surface area (Å²) in [5.74, 6) is 0.733. The molecule has 0 atom stereocenters. The number of ether oxygens (including phenoxy) is 1. The highest BCUT2D eigenvalue weighted by Crippen LogP contribution is 2.35. The van der Waals surface area contributed by atoms with E-state index in [2.05, 4.69) is 66.4 Å². The molecule has 0 N–H and O–H groups in total. The predicted molar refractivity (Wildman–Crippen MR) is 144 cm³/mol. The lowest BCUT2D eigenvalue weighted by Crippen LogP contribution is -2.27. The van der Waals surface area contributed by atoms with Gasteiger partial charge in [-0.15, -0.1) is 0 Å². The molecule has 0 saturated carbocycles. The summed E-state index contributed by atoms with van der Waals surface area (Å²) in [6, 6.07) is 14.2. The Balaban J connectivity index is 1.62.